The summed E-state index contributed by atoms with van der Waals surface area (Å²) in [5, 5.41) is 14.2. The molecule has 1 aromatic carbocycles. The van der Waals surface area contributed by atoms with Crippen molar-refractivity contribution in [3.8, 4) is 0 Å². The molecule has 0 saturated carbocycles. The molecule has 0 spiro atoms. The molecule has 0 aliphatic rings. The number of urea groups is 1. The van der Waals surface area contributed by atoms with E-state index in [1.807, 2.05) is 13.8 Å². The van der Waals surface area contributed by atoms with Gasteiger partial charge in [0, 0.05) is 11.1 Å². The van der Waals surface area contributed by atoms with Crippen molar-refractivity contribution in [1.29, 1.82) is 0 Å². The van der Waals surface area contributed by atoms with E-state index in [-0.39, 0.29) is 11.6 Å². The lowest BCUT2D eigenvalue weighted by Gasteiger charge is -2.15. The first-order valence-electron chi connectivity index (χ1n) is 6.12. The second-order valence-electron chi connectivity index (χ2n) is 4.16. The van der Waals surface area contributed by atoms with Crippen LogP contribution in [0.2, 0.25) is 0 Å². The van der Waals surface area contributed by atoms with E-state index in [2.05, 4.69) is 26.6 Å². The molecule has 2 amide bonds. The third-order valence-electron chi connectivity index (χ3n) is 2.41. The molecule has 0 heterocycles. The number of benzene rings is 1. The minimum absolute atomic E-state index is 0.103. The molecule has 110 valence electrons. The molecule has 0 aliphatic heterocycles. The van der Waals surface area contributed by atoms with E-state index in [9.17, 15) is 9.59 Å². The fraction of sp³-hybridized carbons (Fsp3) is 0.385. The number of carbonyl (C=O) groups is 2. The summed E-state index contributed by atoms with van der Waals surface area (Å²) >= 11 is 3.26. The topological polar surface area (TPSA) is 87.7 Å². The van der Waals surface area contributed by atoms with E-state index >= 15 is 0 Å². The molecular weight excluding hydrogens is 328 g/mol. The van der Waals surface area contributed by atoms with E-state index < -0.39 is 12.0 Å². The SMILES string of the molecule is CCOCC(C)NC(=O)Nc1cc(C(=O)O)ccc1Br. The van der Waals surface area contributed by atoms with Crippen LogP contribution in [0.3, 0.4) is 0 Å². The highest BCUT2D eigenvalue weighted by Crippen LogP contribution is 2.23. The molecule has 1 aromatic rings. The van der Waals surface area contributed by atoms with Gasteiger partial charge in [-0.05, 0) is 48.0 Å². The first kappa shape index (κ1) is 16.5. The van der Waals surface area contributed by atoms with E-state index in [1.165, 1.54) is 12.1 Å². The normalized spacial score (nSPS) is 11.8. The third-order valence-corrected chi connectivity index (χ3v) is 3.10. The molecule has 1 atom stereocenters. The largest absolute Gasteiger partial charge is 0.478 e. The zero-order valence-corrected chi connectivity index (χ0v) is 12.9. The Hall–Kier alpha value is -1.60. The number of anilines is 1. The Morgan fingerprint density at radius 3 is 2.75 bits per heavy atom. The Balaban J connectivity index is 2.65. The fourth-order valence-electron chi connectivity index (χ4n) is 1.47. The van der Waals surface area contributed by atoms with E-state index in [1.54, 1.807) is 6.07 Å². The zero-order chi connectivity index (χ0) is 15.1. The summed E-state index contributed by atoms with van der Waals surface area (Å²) in [5.41, 5.74) is 0.497. The summed E-state index contributed by atoms with van der Waals surface area (Å²) in [5.74, 6) is -1.05. The molecule has 7 heteroatoms. The molecule has 20 heavy (non-hydrogen) atoms. The molecule has 0 saturated heterocycles. The maximum Gasteiger partial charge on any atom is 0.335 e. The standard InChI is InChI=1S/C13H17BrN2O4/c1-3-20-7-8(2)15-13(19)16-11-6-9(12(17)18)4-5-10(11)14/h4-6,8H,3,7H2,1-2H3,(H,17,18)(H2,15,16,19). The number of ether oxygens (including phenoxy) is 1. The van der Waals surface area contributed by atoms with Crippen molar-refractivity contribution in [3.63, 3.8) is 0 Å². The van der Waals surface area contributed by atoms with Gasteiger partial charge in [0.25, 0.3) is 0 Å². The Morgan fingerprint density at radius 1 is 1.45 bits per heavy atom. The number of carbonyl (C=O) groups excluding carboxylic acids is 1. The predicted molar refractivity (Wildman–Crippen MR) is 79.2 cm³/mol. The average molecular weight is 345 g/mol. The van der Waals surface area contributed by atoms with Gasteiger partial charge in [0.15, 0.2) is 0 Å². The molecule has 1 rings (SSSR count). The van der Waals surface area contributed by atoms with Gasteiger partial charge >= 0.3 is 12.0 Å². The summed E-state index contributed by atoms with van der Waals surface area (Å²) in [7, 11) is 0. The Morgan fingerprint density at radius 2 is 2.15 bits per heavy atom. The van der Waals surface area contributed by atoms with E-state index in [0.29, 0.717) is 23.4 Å². The second kappa shape index (κ2) is 7.86. The molecule has 0 fully saturated rings. The van der Waals surface area contributed by atoms with Crippen LogP contribution < -0.4 is 10.6 Å². The molecule has 3 N–H and O–H groups in total. The van der Waals surface area contributed by atoms with Crippen molar-refractivity contribution in [3.05, 3.63) is 28.2 Å². The zero-order valence-electron chi connectivity index (χ0n) is 11.3. The molecule has 0 aliphatic carbocycles. The summed E-state index contributed by atoms with van der Waals surface area (Å²) in [6.07, 6.45) is 0. The molecule has 1 unspecified atom stereocenters. The highest BCUT2D eigenvalue weighted by Gasteiger charge is 2.11. The predicted octanol–water partition coefficient (Wildman–Crippen LogP) is 2.69. The first-order valence-corrected chi connectivity index (χ1v) is 6.91. The van der Waals surface area contributed by atoms with Crippen molar-refractivity contribution in [2.24, 2.45) is 0 Å². The molecule has 0 aromatic heterocycles. The molecule has 0 bridgehead atoms. The summed E-state index contributed by atoms with van der Waals surface area (Å²) in [6.45, 7) is 4.69. The van der Waals surface area contributed by atoms with Crippen LogP contribution in [0.25, 0.3) is 0 Å². The number of carboxylic acids is 1. The molecule has 0 radical (unpaired) electrons. The van der Waals surface area contributed by atoms with Crippen molar-refractivity contribution >= 4 is 33.6 Å². The number of hydrogen-bond donors (Lipinski definition) is 3. The molecule has 6 nitrogen and oxygen atoms in total. The van der Waals surface area contributed by atoms with Gasteiger partial charge in [-0.15, -0.1) is 0 Å². The first-order chi connectivity index (χ1) is 9.43. The summed E-state index contributed by atoms with van der Waals surface area (Å²) in [4.78, 5) is 22.7. The van der Waals surface area contributed by atoms with Crippen molar-refractivity contribution in [2.75, 3.05) is 18.5 Å². The highest BCUT2D eigenvalue weighted by atomic mass is 79.9. The van der Waals surface area contributed by atoms with Crippen LogP contribution in [0.4, 0.5) is 10.5 Å². The van der Waals surface area contributed by atoms with Gasteiger partial charge in [0.1, 0.15) is 0 Å². The lowest BCUT2D eigenvalue weighted by atomic mass is 10.2. The van der Waals surface area contributed by atoms with Gasteiger partial charge in [0.2, 0.25) is 0 Å². The third kappa shape index (κ3) is 5.18. The van der Waals surface area contributed by atoms with Gasteiger partial charge in [-0.2, -0.15) is 0 Å². The summed E-state index contributed by atoms with van der Waals surface area (Å²) < 4.78 is 5.80. The number of nitrogens with one attached hydrogen (secondary N) is 2. The van der Waals surface area contributed by atoms with Crippen LogP contribution >= 0.6 is 15.9 Å². The maximum absolute atomic E-state index is 11.8. The van der Waals surface area contributed by atoms with E-state index in [4.69, 9.17) is 9.84 Å². The Labute approximate surface area is 125 Å². The summed E-state index contributed by atoms with van der Waals surface area (Å²) in [6, 6.07) is 3.85. The second-order valence-corrected chi connectivity index (χ2v) is 5.01. The van der Waals surface area contributed by atoms with Gasteiger partial charge in [-0.3, -0.25) is 0 Å². The fourth-order valence-corrected chi connectivity index (χ4v) is 1.82. The van der Waals surface area contributed by atoms with Gasteiger partial charge < -0.3 is 20.5 Å². The van der Waals surface area contributed by atoms with Crippen LogP contribution in [-0.4, -0.2) is 36.4 Å². The van der Waals surface area contributed by atoms with E-state index in [0.717, 1.165) is 0 Å². The Bertz CT molecular complexity index is 493. The highest BCUT2D eigenvalue weighted by molar-refractivity contribution is 9.10. The number of halogens is 1. The van der Waals surface area contributed by atoms with Crippen LogP contribution in [0, 0.1) is 0 Å². The number of carboxylic acid groups (broad SMARTS) is 1. The van der Waals surface area contributed by atoms with Crippen molar-refractivity contribution in [1.82, 2.24) is 5.32 Å². The minimum Gasteiger partial charge on any atom is -0.478 e. The number of amides is 2. The van der Waals surface area contributed by atoms with Crippen molar-refractivity contribution in [2.45, 2.75) is 19.9 Å². The number of hydrogen-bond acceptors (Lipinski definition) is 3. The maximum atomic E-state index is 11.8. The Kier molecular flexibility index (Phi) is 6.47. The van der Waals surface area contributed by atoms with Crippen LogP contribution in [0.1, 0.15) is 24.2 Å². The lowest BCUT2D eigenvalue weighted by Crippen LogP contribution is -2.38. The lowest BCUT2D eigenvalue weighted by molar-refractivity contribution is 0.0697. The average Bonchev–Trinajstić information content (AvgIpc) is 2.38. The number of aromatic carboxylic acids is 1. The molecular formula is C13H17BrN2O4. The van der Waals surface area contributed by atoms with Gasteiger partial charge in [0.05, 0.1) is 23.9 Å². The monoisotopic (exact) mass is 344 g/mol. The van der Waals surface area contributed by atoms with Gasteiger partial charge in [-0.1, -0.05) is 0 Å². The quantitative estimate of drug-likeness (QED) is 0.740. The minimum atomic E-state index is -1.05. The number of rotatable bonds is 6. The van der Waals surface area contributed by atoms with Crippen LogP contribution in [0.15, 0.2) is 22.7 Å². The van der Waals surface area contributed by atoms with Crippen molar-refractivity contribution < 1.29 is 19.4 Å². The van der Waals surface area contributed by atoms with Gasteiger partial charge in [-0.25, -0.2) is 9.59 Å². The van der Waals surface area contributed by atoms with Crippen LogP contribution in [0.5, 0.6) is 0 Å². The smallest absolute Gasteiger partial charge is 0.335 e. The van der Waals surface area contributed by atoms with Crippen LogP contribution in [-0.2, 0) is 4.74 Å².